The first-order chi connectivity index (χ1) is 16.3. The number of nitrogens with one attached hydrogen (secondary N) is 2. The lowest BCUT2D eigenvalue weighted by atomic mass is 9.99. The maximum atomic E-state index is 13.1. The van der Waals surface area contributed by atoms with Crippen LogP contribution in [0.25, 0.3) is 21.7 Å². The summed E-state index contributed by atoms with van der Waals surface area (Å²) in [7, 11) is 1.38. The van der Waals surface area contributed by atoms with E-state index in [0.717, 1.165) is 10.8 Å². The van der Waals surface area contributed by atoms with Crippen LogP contribution in [0.5, 0.6) is 5.75 Å². The lowest BCUT2D eigenvalue weighted by molar-refractivity contribution is 0.0684. The Bertz CT molecular complexity index is 1470. The topological polar surface area (TPSA) is 138 Å². The lowest BCUT2D eigenvalue weighted by Crippen LogP contribution is -2.42. The number of phenolic OH excluding ortho intramolecular Hbond substituents is 1. The van der Waals surface area contributed by atoms with E-state index >= 15 is 0 Å². The molecule has 9 nitrogen and oxygen atoms in total. The second-order valence-electron chi connectivity index (χ2n) is 7.33. The average molecular weight is 524 g/mol. The molecule has 0 aliphatic carbocycles. The summed E-state index contributed by atoms with van der Waals surface area (Å²) in [6.07, 6.45) is 0. The predicted octanol–water partition coefficient (Wildman–Crippen LogP) is 3.78. The van der Waals surface area contributed by atoms with Gasteiger partial charge in [-0.1, -0.05) is 40.2 Å². The molecule has 1 aromatic heterocycles. The Hall–Kier alpha value is -4.02. The zero-order chi connectivity index (χ0) is 24.4. The number of carbonyl (C=O) groups is 3. The van der Waals surface area contributed by atoms with E-state index in [1.165, 1.54) is 19.2 Å². The van der Waals surface area contributed by atoms with E-state index < -0.39 is 17.8 Å². The monoisotopic (exact) mass is 523 g/mol. The van der Waals surface area contributed by atoms with Crippen LogP contribution in [0.1, 0.15) is 36.8 Å². The molecule has 34 heavy (non-hydrogen) atoms. The van der Waals surface area contributed by atoms with E-state index in [2.05, 4.69) is 31.8 Å². The number of fused-ring (bicyclic) bond motifs is 2. The molecule has 0 fully saturated rings. The quantitative estimate of drug-likeness (QED) is 0.292. The first-order valence-corrected chi connectivity index (χ1v) is 10.8. The maximum absolute atomic E-state index is 13.1. The molecular formula is C24H18BrN3O6. The Kier molecular flexibility index (Phi) is 6.44. The van der Waals surface area contributed by atoms with Crippen LogP contribution in [0.4, 0.5) is 0 Å². The van der Waals surface area contributed by atoms with Gasteiger partial charge in [-0.05, 0) is 41.1 Å². The van der Waals surface area contributed by atoms with Crippen molar-refractivity contribution in [3.63, 3.8) is 0 Å². The Morgan fingerprint density at radius 1 is 0.971 bits per heavy atom. The van der Waals surface area contributed by atoms with Crippen molar-refractivity contribution in [2.24, 2.45) is 0 Å². The van der Waals surface area contributed by atoms with Crippen molar-refractivity contribution in [1.82, 2.24) is 15.8 Å². The van der Waals surface area contributed by atoms with Gasteiger partial charge < -0.3 is 14.9 Å². The highest BCUT2D eigenvalue weighted by Crippen LogP contribution is 2.28. The molecule has 172 valence electrons. The molecule has 4 aromatic rings. The number of hydrogen-bond acceptors (Lipinski definition) is 6. The molecule has 0 bridgehead atoms. The Morgan fingerprint density at radius 2 is 1.65 bits per heavy atom. The third kappa shape index (κ3) is 4.41. The number of carboxylic acids is 1. The molecule has 4 N–H and O–H groups in total. The molecule has 0 aliphatic heterocycles. The van der Waals surface area contributed by atoms with Gasteiger partial charge in [-0.15, -0.1) is 0 Å². The Labute approximate surface area is 201 Å². The van der Waals surface area contributed by atoms with Crippen LogP contribution in [0.3, 0.4) is 0 Å². The van der Waals surface area contributed by atoms with E-state index in [1.54, 1.807) is 42.5 Å². The molecule has 2 amide bonds. The van der Waals surface area contributed by atoms with Crippen molar-refractivity contribution >= 4 is 55.4 Å². The average Bonchev–Trinajstić information content (AvgIpc) is 2.81. The fraction of sp³-hybridized carbons (Fsp3) is 0.0833. The summed E-state index contributed by atoms with van der Waals surface area (Å²) >= 11 is 3.32. The highest BCUT2D eigenvalue weighted by Gasteiger charge is 2.26. The summed E-state index contributed by atoms with van der Waals surface area (Å²) in [5, 5.41) is 21.8. The number of phenols is 1. The number of hydrogen-bond donors (Lipinski definition) is 4. The van der Waals surface area contributed by atoms with E-state index in [4.69, 9.17) is 4.74 Å². The zero-order valence-electron chi connectivity index (χ0n) is 17.8. The number of hydrazine groups is 1. The molecule has 1 heterocycles. The molecular weight excluding hydrogens is 506 g/mol. The van der Waals surface area contributed by atoms with Crippen LogP contribution < -0.4 is 10.9 Å². The van der Waals surface area contributed by atoms with Gasteiger partial charge in [-0.2, -0.15) is 0 Å². The second-order valence-corrected chi connectivity index (χ2v) is 8.25. The van der Waals surface area contributed by atoms with Crippen LogP contribution in [0.2, 0.25) is 0 Å². The van der Waals surface area contributed by atoms with Crippen LogP contribution in [-0.2, 0) is 11.3 Å². The highest BCUT2D eigenvalue weighted by atomic mass is 79.9. The molecule has 0 atom stereocenters. The number of aromatic carboxylic acids is 1. The van der Waals surface area contributed by atoms with Crippen molar-refractivity contribution < 1.29 is 29.3 Å². The van der Waals surface area contributed by atoms with Gasteiger partial charge in [-0.3, -0.25) is 20.4 Å². The minimum atomic E-state index is -1.37. The van der Waals surface area contributed by atoms with Gasteiger partial charge in [0.15, 0.2) is 0 Å². The minimum Gasteiger partial charge on any atom is -0.507 e. The summed E-state index contributed by atoms with van der Waals surface area (Å²) in [6.45, 7) is -0.134. The number of carboxylic acid groups (broad SMARTS) is 1. The maximum Gasteiger partial charge on any atom is 0.338 e. The van der Waals surface area contributed by atoms with Gasteiger partial charge in [0.05, 0.1) is 34.5 Å². The van der Waals surface area contributed by atoms with E-state index in [-0.39, 0.29) is 40.1 Å². The van der Waals surface area contributed by atoms with Crippen LogP contribution >= 0.6 is 15.9 Å². The summed E-state index contributed by atoms with van der Waals surface area (Å²) < 4.78 is 5.67. The van der Waals surface area contributed by atoms with Gasteiger partial charge >= 0.3 is 5.97 Å². The van der Waals surface area contributed by atoms with Crippen LogP contribution in [0, 0.1) is 0 Å². The zero-order valence-corrected chi connectivity index (χ0v) is 19.3. The van der Waals surface area contributed by atoms with Gasteiger partial charge in [0.25, 0.3) is 11.8 Å². The second kappa shape index (κ2) is 9.46. The van der Waals surface area contributed by atoms with E-state index in [9.17, 15) is 24.6 Å². The standard InChI is InChI=1S/C24H18BrN3O6/c1-34-11-18-21(24(32)33)20(15-10-14(25)6-7-17(15)26-18)23(31)28-27-22(30)16-8-12-4-2-3-5-13(12)9-19(16)29/h2-10,29H,11H2,1H3,(H,27,30)(H,28,31)(H,32,33). The third-order valence-electron chi connectivity index (χ3n) is 5.14. The van der Waals surface area contributed by atoms with Crippen molar-refractivity contribution in [1.29, 1.82) is 0 Å². The van der Waals surface area contributed by atoms with Crippen LogP contribution in [0.15, 0.2) is 59.1 Å². The number of benzene rings is 3. The van der Waals surface area contributed by atoms with Crippen molar-refractivity contribution in [3.8, 4) is 5.75 Å². The number of amides is 2. The fourth-order valence-corrected chi connectivity index (χ4v) is 4.01. The number of ether oxygens (including phenoxy) is 1. The van der Waals surface area contributed by atoms with Gasteiger partial charge in [-0.25, -0.2) is 9.78 Å². The number of rotatable bonds is 5. The van der Waals surface area contributed by atoms with Crippen molar-refractivity contribution in [3.05, 3.63) is 81.5 Å². The van der Waals surface area contributed by atoms with E-state index in [1.807, 2.05) is 0 Å². The number of aromatic hydroxyl groups is 1. The predicted molar refractivity (Wildman–Crippen MR) is 128 cm³/mol. The lowest BCUT2D eigenvalue weighted by Gasteiger charge is -2.15. The summed E-state index contributed by atoms with van der Waals surface area (Å²) in [4.78, 5) is 42.3. The summed E-state index contributed by atoms with van der Waals surface area (Å²) in [6, 6.07) is 15.0. The molecule has 0 spiro atoms. The van der Waals surface area contributed by atoms with E-state index in [0.29, 0.717) is 9.99 Å². The van der Waals surface area contributed by atoms with Gasteiger partial charge in [0, 0.05) is 17.0 Å². The number of halogens is 1. The molecule has 4 rings (SSSR count). The molecule has 0 radical (unpaired) electrons. The normalized spacial score (nSPS) is 10.9. The number of methoxy groups -OCH3 is 1. The molecule has 0 aliphatic rings. The van der Waals surface area contributed by atoms with Crippen molar-refractivity contribution in [2.45, 2.75) is 6.61 Å². The first-order valence-electron chi connectivity index (χ1n) is 9.97. The smallest absolute Gasteiger partial charge is 0.338 e. The third-order valence-corrected chi connectivity index (χ3v) is 5.64. The minimum absolute atomic E-state index is 0.0557. The fourth-order valence-electron chi connectivity index (χ4n) is 3.65. The molecule has 0 saturated carbocycles. The summed E-state index contributed by atoms with van der Waals surface area (Å²) in [5.41, 5.74) is 4.36. The first kappa shape index (κ1) is 23.1. The molecule has 0 saturated heterocycles. The number of pyridine rings is 1. The molecule has 3 aromatic carbocycles. The summed E-state index contributed by atoms with van der Waals surface area (Å²) in [5.74, 6) is -3.28. The molecule has 0 unspecified atom stereocenters. The Balaban J connectivity index is 1.71. The largest absolute Gasteiger partial charge is 0.507 e. The Morgan fingerprint density at radius 3 is 2.32 bits per heavy atom. The SMILES string of the molecule is COCc1nc2ccc(Br)cc2c(C(=O)NNC(=O)c2cc3ccccc3cc2O)c1C(=O)O. The number of aromatic nitrogens is 1. The van der Waals surface area contributed by atoms with Gasteiger partial charge in [0.2, 0.25) is 0 Å². The van der Waals surface area contributed by atoms with Crippen LogP contribution in [-0.4, -0.2) is 40.1 Å². The number of nitrogens with zero attached hydrogens (tertiary/aromatic N) is 1. The highest BCUT2D eigenvalue weighted by molar-refractivity contribution is 9.10. The van der Waals surface area contributed by atoms with Gasteiger partial charge in [0.1, 0.15) is 5.75 Å². The number of carbonyl (C=O) groups excluding carboxylic acids is 2. The van der Waals surface area contributed by atoms with Crippen molar-refractivity contribution in [2.75, 3.05) is 7.11 Å². The molecule has 10 heteroatoms.